The first-order valence-electron chi connectivity index (χ1n) is 6.35. The Morgan fingerprint density at radius 2 is 2.30 bits per heavy atom. The van der Waals surface area contributed by atoms with Crippen LogP contribution in [0.1, 0.15) is 16.9 Å². The van der Waals surface area contributed by atoms with E-state index in [1.807, 2.05) is 19.0 Å². The van der Waals surface area contributed by atoms with Gasteiger partial charge in [-0.15, -0.1) is 0 Å². The van der Waals surface area contributed by atoms with E-state index in [1.165, 1.54) is 12.1 Å². The zero-order chi connectivity index (χ0) is 14.9. The van der Waals surface area contributed by atoms with Crippen LogP contribution in [0.25, 0.3) is 0 Å². The second-order valence-electron chi connectivity index (χ2n) is 5.28. The van der Waals surface area contributed by atoms with Crippen LogP contribution in [0.4, 0.5) is 5.82 Å². The molecule has 8 heteroatoms. The minimum atomic E-state index is -0.576. The van der Waals surface area contributed by atoms with Crippen LogP contribution in [0.5, 0.6) is 0 Å². The van der Waals surface area contributed by atoms with Gasteiger partial charge in [0, 0.05) is 25.2 Å². The first-order chi connectivity index (χ1) is 9.38. The number of rotatable bonds is 4. The number of aliphatic hydroxyl groups excluding tert-OH is 1. The van der Waals surface area contributed by atoms with E-state index >= 15 is 0 Å². The lowest BCUT2D eigenvalue weighted by molar-refractivity contribution is -0.389. The normalized spacial score (nSPS) is 22.5. The van der Waals surface area contributed by atoms with Crippen molar-refractivity contribution in [3.8, 4) is 0 Å². The molecule has 1 aliphatic rings. The SMILES string of the molecule is CN(C)CC1CC(O)CN1C(=O)c1ccc([N+](=O)[O-])[nH]1. The van der Waals surface area contributed by atoms with Gasteiger partial charge in [0.25, 0.3) is 5.91 Å². The van der Waals surface area contributed by atoms with Crippen LogP contribution in [0.15, 0.2) is 12.1 Å². The average molecular weight is 282 g/mol. The fraction of sp³-hybridized carbons (Fsp3) is 0.583. The predicted molar refractivity (Wildman–Crippen MR) is 71.4 cm³/mol. The molecule has 20 heavy (non-hydrogen) atoms. The Labute approximate surface area is 116 Å². The number of aromatic nitrogens is 1. The summed E-state index contributed by atoms with van der Waals surface area (Å²) in [6.07, 6.45) is -0.0268. The fourth-order valence-corrected chi connectivity index (χ4v) is 2.50. The van der Waals surface area contributed by atoms with Crippen LogP contribution >= 0.6 is 0 Å². The summed E-state index contributed by atoms with van der Waals surface area (Å²) >= 11 is 0. The second-order valence-corrected chi connectivity index (χ2v) is 5.28. The molecule has 0 aromatic carbocycles. The highest BCUT2D eigenvalue weighted by Crippen LogP contribution is 2.22. The van der Waals surface area contributed by atoms with E-state index in [0.29, 0.717) is 13.0 Å². The van der Waals surface area contributed by atoms with Gasteiger partial charge in [0.1, 0.15) is 0 Å². The molecular formula is C12H18N4O4. The second kappa shape index (κ2) is 5.59. The number of nitro groups is 1. The molecule has 1 aliphatic heterocycles. The number of aliphatic hydroxyl groups is 1. The van der Waals surface area contributed by atoms with Gasteiger partial charge in [-0.2, -0.15) is 0 Å². The van der Waals surface area contributed by atoms with Crippen molar-refractivity contribution < 1.29 is 14.8 Å². The first kappa shape index (κ1) is 14.5. The van der Waals surface area contributed by atoms with Crippen molar-refractivity contribution in [2.24, 2.45) is 0 Å². The number of carbonyl (C=O) groups excluding carboxylic acids is 1. The lowest BCUT2D eigenvalue weighted by Crippen LogP contribution is -2.41. The summed E-state index contributed by atoms with van der Waals surface area (Å²) in [5.41, 5.74) is 0.176. The minimum Gasteiger partial charge on any atom is -0.391 e. The van der Waals surface area contributed by atoms with Crippen molar-refractivity contribution in [3.63, 3.8) is 0 Å². The van der Waals surface area contributed by atoms with E-state index in [9.17, 15) is 20.0 Å². The molecule has 110 valence electrons. The molecule has 1 amide bonds. The van der Waals surface area contributed by atoms with Crippen LogP contribution in [0.2, 0.25) is 0 Å². The highest BCUT2D eigenvalue weighted by molar-refractivity contribution is 5.93. The topological polar surface area (TPSA) is 103 Å². The Morgan fingerprint density at radius 3 is 2.85 bits per heavy atom. The standard InChI is InChI=1S/C12H18N4O4/c1-14(2)6-8-5-9(17)7-15(8)12(18)10-3-4-11(13-10)16(19)20/h3-4,8-9,13,17H,5-7H2,1-2H3. The van der Waals surface area contributed by atoms with Crippen molar-refractivity contribution in [2.75, 3.05) is 27.2 Å². The lowest BCUT2D eigenvalue weighted by atomic mass is 10.2. The number of aromatic amines is 1. The maximum Gasteiger partial charge on any atom is 0.321 e. The van der Waals surface area contributed by atoms with Crippen LogP contribution in [-0.4, -0.2) is 70.1 Å². The molecule has 1 aromatic rings. The van der Waals surface area contributed by atoms with Crippen molar-refractivity contribution in [1.82, 2.24) is 14.8 Å². The van der Waals surface area contributed by atoms with Crippen molar-refractivity contribution >= 4 is 11.7 Å². The molecule has 2 rings (SSSR count). The smallest absolute Gasteiger partial charge is 0.321 e. The van der Waals surface area contributed by atoms with Crippen LogP contribution in [0.3, 0.4) is 0 Å². The summed E-state index contributed by atoms with van der Waals surface area (Å²) in [6, 6.07) is 2.58. The summed E-state index contributed by atoms with van der Waals surface area (Å²) < 4.78 is 0. The van der Waals surface area contributed by atoms with E-state index < -0.39 is 11.0 Å². The summed E-state index contributed by atoms with van der Waals surface area (Å²) in [4.78, 5) is 28.4. The number of nitrogens with zero attached hydrogens (tertiary/aromatic N) is 3. The zero-order valence-electron chi connectivity index (χ0n) is 11.4. The molecule has 0 saturated carbocycles. The number of carbonyl (C=O) groups is 1. The minimum absolute atomic E-state index is 0.0881. The molecule has 0 spiro atoms. The summed E-state index contributed by atoms with van der Waals surface area (Å²) in [7, 11) is 3.79. The van der Waals surface area contributed by atoms with Gasteiger partial charge >= 0.3 is 5.82 Å². The summed E-state index contributed by atoms with van der Waals surface area (Å²) in [5, 5.41) is 20.4. The largest absolute Gasteiger partial charge is 0.391 e. The third kappa shape index (κ3) is 2.97. The Balaban J connectivity index is 2.15. The van der Waals surface area contributed by atoms with Gasteiger partial charge in [-0.1, -0.05) is 0 Å². The number of likely N-dealkylation sites (N-methyl/N-ethyl adjacent to an activating group) is 1. The molecular weight excluding hydrogens is 264 g/mol. The highest BCUT2D eigenvalue weighted by Gasteiger charge is 2.36. The first-order valence-corrected chi connectivity index (χ1v) is 6.35. The Kier molecular flexibility index (Phi) is 4.05. The van der Waals surface area contributed by atoms with E-state index in [2.05, 4.69) is 4.98 Å². The number of H-pyrrole nitrogens is 1. The zero-order valence-corrected chi connectivity index (χ0v) is 11.4. The van der Waals surface area contributed by atoms with E-state index in [0.717, 1.165) is 0 Å². The Bertz CT molecular complexity index is 513. The Hall–Kier alpha value is -1.93. The maximum absolute atomic E-state index is 12.4. The average Bonchev–Trinajstić information content (AvgIpc) is 2.94. The van der Waals surface area contributed by atoms with Gasteiger partial charge < -0.3 is 25.0 Å². The summed E-state index contributed by atoms with van der Waals surface area (Å²) in [6.45, 7) is 0.899. The molecule has 0 radical (unpaired) electrons. The van der Waals surface area contributed by atoms with Crippen LogP contribution < -0.4 is 0 Å². The number of nitrogens with one attached hydrogen (secondary N) is 1. The fourth-order valence-electron chi connectivity index (χ4n) is 2.50. The maximum atomic E-state index is 12.4. The number of β-amino-alcohol motifs (C(OH)–C–C–N with tert-alkyl or cyclic N) is 1. The highest BCUT2D eigenvalue weighted by atomic mass is 16.6. The third-order valence-corrected chi connectivity index (χ3v) is 3.33. The Morgan fingerprint density at radius 1 is 1.60 bits per heavy atom. The predicted octanol–water partition coefficient (Wildman–Crippen LogP) is 0.0599. The van der Waals surface area contributed by atoms with E-state index in [1.54, 1.807) is 4.90 Å². The molecule has 2 unspecified atom stereocenters. The molecule has 1 saturated heterocycles. The molecule has 1 fully saturated rings. The molecule has 2 atom stereocenters. The lowest BCUT2D eigenvalue weighted by Gasteiger charge is -2.25. The molecule has 0 aliphatic carbocycles. The molecule has 2 heterocycles. The molecule has 0 bridgehead atoms. The van der Waals surface area contributed by atoms with Crippen LogP contribution in [-0.2, 0) is 0 Å². The van der Waals surface area contributed by atoms with Gasteiger partial charge in [-0.3, -0.25) is 4.79 Å². The molecule has 1 aromatic heterocycles. The summed E-state index contributed by atoms with van der Waals surface area (Å²) in [5.74, 6) is -0.529. The number of likely N-dealkylation sites (tertiary alicyclic amines) is 1. The van der Waals surface area contributed by atoms with Gasteiger partial charge in [0.05, 0.1) is 6.10 Å². The molecule has 2 N–H and O–H groups in total. The molecule has 8 nitrogen and oxygen atoms in total. The van der Waals surface area contributed by atoms with Gasteiger partial charge in [-0.25, -0.2) is 4.98 Å². The van der Waals surface area contributed by atoms with Crippen LogP contribution in [0, 0.1) is 10.1 Å². The van der Waals surface area contributed by atoms with Crippen molar-refractivity contribution in [1.29, 1.82) is 0 Å². The van der Waals surface area contributed by atoms with Gasteiger partial charge in [0.15, 0.2) is 5.69 Å². The van der Waals surface area contributed by atoms with E-state index in [4.69, 9.17) is 0 Å². The third-order valence-electron chi connectivity index (χ3n) is 3.33. The number of amides is 1. The monoisotopic (exact) mass is 282 g/mol. The number of hydrogen-bond acceptors (Lipinski definition) is 5. The number of hydrogen-bond donors (Lipinski definition) is 2. The van der Waals surface area contributed by atoms with Gasteiger partial charge in [-0.05, 0) is 31.5 Å². The van der Waals surface area contributed by atoms with Crippen molar-refractivity contribution in [2.45, 2.75) is 18.6 Å². The van der Waals surface area contributed by atoms with Gasteiger partial charge in [0.2, 0.25) is 0 Å². The van der Waals surface area contributed by atoms with E-state index in [-0.39, 0.29) is 30.0 Å². The van der Waals surface area contributed by atoms with Crippen molar-refractivity contribution in [3.05, 3.63) is 27.9 Å². The quantitative estimate of drug-likeness (QED) is 0.600.